The Kier molecular flexibility index (Phi) is 15.2. The summed E-state index contributed by atoms with van der Waals surface area (Å²) in [6.45, 7) is 17.0. The Morgan fingerprint density at radius 3 is 1.12 bits per heavy atom. The van der Waals surface area contributed by atoms with Gasteiger partial charge in [0.15, 0.2) is 0 Å². The molecule has 8 rings (SSSR count). The number of anilines is 10. The van der Waals surface area contributed by atoms with Crippen molar-refractivity contribution in [1.82, 2.24) is 40.5 Å². The number of halogens is 2. The number of benzene rings is 4. The average molecular weight is 1090 g/mol. The second-order valence-electron chi connectivity index (χ2n) is 21.1. The van der Waals surface area contributed by atoms with Gasteiger partial charge in [-0.2, -0.15) is 29.9 Å². The van der Waals surface area contributed by atoms with E-state index in [0.717, 1.165) is 37.8 Å². The van der Waals surface area contributed by atoms with E-state index >= 15 is 0 Å². The van der Waals surface area contributed by atoms with Crippen LogP contribution in [-0.2, 0) is 20.2 Å². The number of nitrogens with zero attached hydrogens (tertiary/aromatic N) is 6. The van der Waals surface area contributed by atoms with Crippen molar-refractivity contribution < 1.29 is 25.9 Å². The molecule has 4 aromatic carbocycles. The van der Waals surface area contributed by atoms with E-state index in [-0.39, 0.29) is 92.4 Å². The molecule has 24 heteroatoms. The largest absolute Gasteiger partial charge is 0.744 e. The summed E-state index contributed by atoms with van der Waals surface area (Å²) in [6.07, 6.45) is 5.46. The molecule has 0 spiro atoms. The third kappa shape index (κ3) is 14.3. The highest BCUT2D eigenvalue weighted by atomic mass is 35.5. The topological polar surface area (TPSA) is 288 Å². The van der Waals surface area contributed by atoms with Gasteiger partial charge in [-0.05, 0) is 141 Å². The molecule has 4 heterocycles. The van der Waals surface area contributed by atoms with Crippen LogP contribution in [0.2, 0.25) is 10.0 Å². The number of hydrogen-bond acceptors (Lipinski definition) is 20. The second kappa shape index (κ2) is 20.8. The fraction of sp³-hybridized carbons (Fsp3) is 0.360. The minimum Gasteiger partial charge on any atom is -0.744 e. The van der Waals surface area contributed by atoms with Crippen molar-refractivity contribution in [1.29, 1.82) is 0 Å². The van der Waals surface area contributed by atoms with Gasteiger partial charge in [0.1, 0.15) is 20.2 Å². The maximum atomic E-state index is 12.8. The summed E-state index contributed by atoms with van der Waals surface area (Å²) < 4.78 is 77.0. The zero-order valence-corrected chi connectivity index (χ0v) is 45.1. The zero-order chi connectivity index (χ0) is 53.4. The predicted octanol–water partition coefficient (Wildman–Crippen LogP) is 9.76. The van der Waals surface area contributed by atoms with E-state index in [9.17, 15) is 25.9 Å². The maximum Gasteiger partial charge on any atom is 0.233 e. The van der Waals surface area contributed by atoms with Crippen LogP contribution in [0.5, 0.6) is 0 Å². The fourth-order valence-electron chi connectivity index (χ4n) is 10.1. The molecule has 20 nitrogen and oxygen atoms in total. The van der Waals surface area contributed by atoms with Crippen molar-refractivity contribution in [3.8, 4) is 0 Å². The van der Waals surface area contributed by atoms with Crippen LogP contribution in [0.3, 0.4) is 0 Å². The number of hydrogen-bond donors (Lipinski definition) is 8. The monoisotopic (exact) mass is 1080 g/mol. The Labute approximate surface area is 441 Å². The van der Waals surface area contributed by atoms with Crippen LogP contribution in [0.25, 0.3) is 12.2 Å². The standard InChI is InChI=1S/C50H60Cl2N14O6S2/c1-47(2)25-33(26-48(3,4)65-47)55-43-59-41(61-45(63-43)57-37-15-11-9-13-35(37)51)53-31-21-19-29(39(23-31)73(67,68)69)17-18-30-20-22-32(24-40(30)74(70,71)72)54-42-60-44(56-34-27-49(5,6)66-50(7,8)28-34)64-46(62-42)58-38-16-12-10-14-36(38)52/h9-24,33-34,65-66H,25-28H2,1-8H3,(H,67,68,69)(H,70,71,72)(H3,53,55,57,59,61,63)(H3,54,56,58,60,62,64)/p-2. The van der Waals surface area contributed by atoms with Crippen LogP contribution in [0, 0.1) is 0 Å². The summed E-state index contributed by atoms with van der Waals surface area (Å²) in [7, 11) is -10.3. The molecule has 2 aliphatic heterocycles. The Morgan fingerprint density at radius 2 is 0.797 bits per heavy atom. The maximum absolute atomic E-state index is 12.8. The predicted molar refractivity (Wildman–Crippen MR) is 289 cm³/mol. The molecule has 2 aliphatic rings. The van der Waals surface area contributed by atoms with Crippen molar-refractivity contribution in [3.05, 3.63) is 106 Å². The van der Waals surface area contributed by atoms with Gasteiger partial charge >= 0.3 is 0 Å². The first-order valence-electron chi connectivity index (χ1n) is 23.6. The lowest BCUT2D eigenvalue weighted by molar-refractivity contribution is 0.170. The molecule has 2 saturated heterocycles. The molecular formula is C50H58Cl2N14O6S2-2. The first-order valence-corrected chi connectivity index (χ1v) is 27.2. The van der Waals surface area contributed by atoms with E-state index in [2.05, 4.69) is 128 Å². The van der Waals surface area contributed by atoms with Gasteiger partial charge in [0.05, 0.1) is 31.2 Å². The summed E-state index contributed by atoms with van der Waals surface area (Å²) in [6, 6.07) is 21.9. The molecule has 392 valence electrons. The summed E-state index contributed by atoms with van der Waals surface area (Å²) >= 11 is 12.9. The lowest BCUT2D eigenvalue weighted by Gasteiger charge is -2.46. The molecule has 0 radical (unpaired) electrons. The van der Waals surface area contributed by atoms with Crippen molar-refractivity contribution in [2.45, 2.75) is 125 Å². The highest BCUT2D eigenvalue weighted by Gasteiger charge is 2.39. The highest BCUT2D eigenvalue weighted by Crippen LogP contribution is 2.34. The first kappa shape index (κ1) is 54.0. The number of para-hydroxylation sites is 2. The van der Waals surface area contributed by atoms with Gasteiger partial charge in [0, 0.05) is 45.6 Å². The molecule has 0 saturated carbocycles. The molecule has 0 amide bonds. The van der Waals surface area contributed by atoms with E-state index in [4.69, 9.17) is 23.2 Å². The Hall–Kier alpha value is -6.24. The van der Waals surface area contributed by atoms with Gasteiger partial charge in [-0.3, -0.25) is 0 Å². The third-order valence-corrected chi connectivity index (χ3v) is 14.5. The normalized spacial score (nSPS) is 17.6. The van der Waals surface area contributed by atoms with Gasteiger partial charge in [-0.15, -0.1) is 0 Å². The molecule has 0 aliphatic carbocycles. The zero-order valence-electron chi connectivity index (χ0n) is 41.9. The highest BCUT2D eigenvalue weighted by molar-refractivity contribution is 7.86. The number of nitrogens with one attached hydrogen (secondary N) is 8. The summed E-state index contributed by atoms with van der Waals surface area (Å²) in [5.41, 5.74) is 0.334. The van der Waals surface area contributed by atoms with Gasteiger partial charge < -0.3 is 51.6 Å². The fourth-order valence-corrected chi connectivity index (χ4v) is 11.8. The Balaban J connectivity index is 1.07. The summed E-state index contributed by atoms with van der Waals surface area (Å²) in [5, 5.41) is 27.3. The van der Waals surface area contributed by atoms with E-state index in [0.29, 0.717) is 21.4 Å². The van der Waals surface area contributed by atoms with Crippen molar-refractivity contribution in [2.75, 3.05) is 31.9 Å². The number of piperidine rings is 2. The van der Waals surface area contributed by atoms with Crippen LogP contribution in [0.1, 0.15) is 92.2 Å². The molecule has 2 aromatic heterocycles. The molecule has 74 heavy (non-hydrogen) atoms. The van der Waals surface area contributed by atoms with Gasteiger partial charge in [0.25, 0.3) is 0 Å². The van der Waals surface area contributed by atoms with Crippen molar-refractivity contribution in [3.63, 3.8) is 0 Å². The minimum atomic E-state index is -5.16. The third-order valence-electron chi connectivity index (χ3n) is 12.1. The summed E-state index contributed by atoms with van der Waals surface area (Å²) in [5.74, 6) is 0.714. The SMILES string of the molecule is CC1(C)CC(Nc2nc(Nc3ccc(C=Cc4ccc(Nc5nc(Nc6ccccc6Cl)nc(NC6CC(C)(C)NC(C)(C)C6)n5)cc4S(=O)(=O)[O-])c(S(=O)(=O)[O-])c3)nc(Nc3ccccc3Cl)n2)CC(C)(C)N1. The van der Waals surface area contributed by atoms with Crippen LogP contribution in [0.15, 0.2) is 94.7 Å². The van der Waals surface area contributed by atoms with E-state index in [1.807, 2.05) is 0 Å². The van der Waals surface area contributed by atoms with Crippen LogP contribution >= 0.6 is 23.2 Å². The molecule has 0 bridgehead atoms. The van der Waals surface area contributed by atoms with E-state index < -0.39 is 30.0 Å². The van der Waals surface area contributed by atoms with E-state index in [1.165, 1.54) is 36.4 Å². The molecule has 8 N–H and O–H groups in total. The average Bonchev–Trinajstić information content (AvgIpc) is 3.25. The second-order valence-corrected chi connectivity index (χ2v) is 24.6. The first-order chi connectivity index (χ1) is 34.5. The van der Waals surface area contributed by atoms with Crippen LogP contribution < -0.4 is 42.5 Å². The smallest absolute Gasteiger partial charge is 0.233 e. The molecule has 0 atom stereocenters. The minimum absolute atomic E-state index is 0.00799. The van der Waals surface area contributed by atoms with Crippen LogP contribution in [0.4, 0.5) is 58.4 Å². The van der Waals surface area contributed by atoms with Crippen LogP contribution in [-0.4, -0.2) is 90.1 Å². The van der Waals surface area contributed by atoms with Gasteiger partial charge in [-0.25, -0.2) is 16.8 Å². The molecular weight excluding hydrogens is 1030 g/mol. The Morgan fingerprint density at radius 1 is 0.486 bits per heavy atom. The molecule has 2 fully saturated rings. The lowest BCUT2D eigenvalue weighted by Crippen LogP contribution is -2.60. The lowest BCUT2D eigenvalue weighted by atomic mass is 9.79. The molecule has 6 aromatic rings. The number of aromatic nitrogens is 6. The molecule has 0 unspecified atom stereocenters. The quantitative estimate of drug-likeness (QED) is 0.0330. The van der Waals surface area contributed by atoms with Gasteiger partial charge in [-0.1, -0.05) is 71.8 Å². The van der Waals surface area contributed by atoms with Crippen molar-refractivity contribution in [2.24, 2.45) is 0 Å². The Bertz CT molecular complexity index is 3090. The van der Waals surface area contributed by atoms with Gasteiger partial charge in [0.2, 0.25) is 35.7 Å². The summed E-state index contributed by atoms with van der Waals surface area (Å²) in [4.78, 5) is 26.2. The number of rotatable bonds is 16. The van der Waals surface area contributed by atoms with E-state index in [1.54, 1.807) is 48.5 Å². The van der Waals surface area contributed by atoms with Crippen molar-refractivity contribution >= 4 is 114 Å².